The van der Waals surface area contributed by atoms with Crippen molar-refractivity contribution in [2.45, 2.75) is 20.3 Å². The van der Waals surface area contributed by atoms with Gasteiger partial charge in [-0.2, -0.15) is 0 Å². The standard InChI is InChI=1S/C11H20N2O3/c1-7(2)9(11(15)16)6-13-10(14)8-3-4-12-5-8/h7-9,12H,3-6H2,1-2H3,(H,13,14)(H,15,16). The van der Waals surface area contributed by atoms with Gasteiger partial charge in [-0.15, -0.1) is 0 Å². The summed E-state index contributed by atoms with van der Waals surface area (Å²) in [6, 6.07) is 0. The number of carbonyl (C=O) groups excluding carboxylic acids is 1. The molecule has 92 valence electrons. The summed E-state index contributed by atoms with van der Waals surface area (Å²) in [7, 11) is 0. The number of hydrogen-bond acceptors (Lipinski definition) is 3. The molecule has 1 aliphatic rings. The van der Waals surface area contributed by atoms with E-state index >= 15 is 0 Å². The molecule has 1 aliphatic heterocycles. The largest absolute Gasteiger partial charge is 0.481 e. The highest BCUT2D eigenvalue weighted by atomic mass is 16.4. The fraction of sp³-hybridized carbons (Fsp3) is 0.818. The Hall–Kier alpha value is -1.10. The second-order valence-corrected chi connectivity index (χ2v) is 4.62. The maximum absolute atomic E-state index is 11.7. The van der Waals surface area contributed by atoms with Crippen LogP contribution in [0.1, 0.15) is 20.3 Å². The normalized spacial score (nSPS) is 22.1. The molecule has 2 atom stereocenters. The van der Waals surface area contributed by atoms with Crippen molar-refractivity contribution in [1.29, 1.82) is 0 Å². The van der Waals surface area contributed by atoms with Crippen molar-refractivity contribution in [2.24, 2.45) is 17.8 Å². The molecule has 1 amide bonds. The molecule has 3 N–H and O–H groups in total. The number of amides is 1. The molecule has 0 aliphatic carbocycles. The molecule has 5 nitrogen and oxygen atoms in total. The summed E-state index contributed by atoms with van der Waals surface area (Å²) in [6.45, 7) is 5.49. The van der Waals surface area contributed by atoms with Gasteiger partial charge in [0.25, 0.3) is 0 Å². The number of rotatable bonds is 5. The number of carboxylic acid groups (broad SMARTS) is 1. The quantitative estimate of drug-likeness (QED) is 0.622. The van der Waals surface area contributed by atoms with Crippen LogP contribution < -0.4 is 10.6 Å². The van der Waals surface area contributed by atoms with Crippen molar-refractivity contribution in [1.82, 2.24) is 10.6 Å². The van der Waals surface area contributed by atoms with E-state index in [0.29, 0.717) is 6.54 Å². The van der Waals surface area contributed by atoms with Crippen LogP contribution in [0.2, 0.25) is 0 Å². The van der Waals surface area contributed by atoms with Crippen molar-refractivity contribution in [3.8, 4) is 0 Å². The molecule has 1 heterocycles. The Bertz CT molecular complexity index is 260. The van der Waals surface area contributed by atoms with E-state index < -0.39 is 11.9 Å². The van der Waals surface area contributed by atoms with Crippen molar-refractivity contribution in [3.63, 3.8) is 0 Å². The van der Waals surface area contributed by atoms with E-state index in [1.807, 2.05) is 13.8 Å². The Morgan fingerprint density at radius 3 is 2.62 bits per heavy atom. The van der Waals surface area contributed by atoms with Gasteiger partial charge < -0.3 is 15.7 Å². The van der Waals surface area contributed by atoms with E-state index in [9.17, 15) is 9.59 Å². The number of hydrogen-bond donors (Lipinski definition) is 3. The number of aliphatic carboxylic acids is 1. The first-order valence-corrected chi connectivity index (χ1v) is 5.73. The molecule has 0 radical (unpaired) electrons. The van der Waals surface area contributed by atoms with Crippen LogP contribution in [-0.2, 0) is 9.59 Å². The van der Waals surface area contributed by atoms with Gasteiger partial charge >= 0.3 is 5.97 Å². The van der Waals surface area contributed by atoms with E-state index in [-0.39, 0.29) is 24.3 Å². The van der Waals surface area contributed by atoms with Crippen LogP contribution in [-0.4, -0.2) is 36.6 Å². The van der Waals surface area contributed by atoms with E-state index in [4.69, 9.17) is 5.11 Å². The fourth-order valence-electron chi connectivity index (χ4n) is 1.84. The van der Waals surface area contributed by atoms with Crippen molar-refractivity contribution in [2.75, 3.05) is 19.6 Å². The molecule has 0 bridgehead atoms. The van der Waals surface area contributed by atoms with Gasteiger partial charge in [0, 0.05) is 13.1 Å². The van der Waals surface area contributed by atoms with Crippen LogP contribution in [0.3, 0.4) is 0 Å². The van der Waals surface area contributed by atoms with Gasteiger partial charge in [-0.05, 0) is 18.9 Å². The van der Waals surface area contributed by atoms with E-state index in [0.717, 1.165) is 13.0 Å². The predicted octanol–water partition coefficient (Wildman–Crippen LogP) is 0.0689. The first kappa shape index (κ1) is 13.0. The Morgan fingerprint density at radius 2 is 2.19 bits per heavy atom. The summed E-state index contributed by atoms with van der Waals surface area (Å²) in [5.74, 6) is -1.35. The number of carboxylic acids is 1. The lowest BCUT2D eigenvalue weighted by Crippen LogP contribution is -2.39. The van der Waals surface area contributed by atoms with Crippen molar-refractivity contribution in [3.05, 3.63) is 0 Å². The molecule has 0 aromatic heterocycles. The summed E-state index contributed by atoms with van der Waals surface area (Å²) in [6.07, 6.45) is 0.839. The molecule has 16 heavy (non-hydrogen) atoms. The van der Waals surface area contributed by atoms with E-state index in [2.05, 4.69) is 10.6 Å². The molecule has 1 rings (SSSR count). The smallest absolute Gasteiger partial charge is 0.308 e. The highest BCUT2D eigenvalue weighted by Gasteiger charge is 2.26. The minimum Gasteiger partial charge on any atom is -0.481 e. The van der Waals surface area contributed by atoms with Gasteiger partial charge in [0.2, 0.25) is 5.91 Å². The Labute approximate surface area is 95.6 Å². The average Bonchev–Trinajstić information content (AvgIpc) is 2.69. The van der Waals surface area contributed by atoms with Gasteiger partial charge in [0.05, 0.1) is 11.8 Å². The predicted molar refractivity (Wildman–Crippen MR) is 60.0 cm³/mol. The molecule has 0 saturated carbocycles. The lowest BCUT2D eigenvalue weighted by Gasteiger charge is -2.18. The topological polar surface area (TPSA) is 78.4 Å². The molecule has 5 heteroatoms. The highest BCUT2D eigenvalue weighted by Crippen LogP contribution is 2.11. The third kappa shape index (κ3) is 3.48. The third-order valence-electron chi connectivity index (χ3n) is 3.05. The average molecular weight is 228 g/mol. The molecular weight excluding hydrogens is 208 g/mol. The summed E-state index contributed by atoms with van der Waals surface area (Å²) in [4.78, 5) is 22.6. The second kappa shape index (κ2) is 5.84. The molecule has 1 fully saturated rings. The van der Waals surface area contributed by atoms with E-state index in [1.54, 1.807) is 0 Å². The molecule has 0 aromatic carbocycles. The maximum Gasteiger partial charge on any atom is 0.308 e. The minimum absolute atomic E-state index is 0.00149. The van der Waals surface area contributed by atoms with Crippen LogP contribution in [0, 0.1) is 17.8 Å². The van der Waals surface area contributed by atoms with Crippen LogP contribution in [0.5, 0.6) is 0 Å². The summed E-state index contributed by atoms with van der Waals surface area (Å²) >= 11 is 0. The number of carbonyl (C=O) groups is 2. The minimum atomic E-state index is -0.847. The zero-order chi connectivity index (χ0) is 12.1. The number of nitrogens with one attached hydrogen (secondary N) is 2. The van der Waals surface area contributed by atoms with Gasteiger partial charge in [-0.3, -0.25) is 9.59 Å². The fourth-order valence-corrected chi connectivity index (χ4v) is 1.84. The summed E-state index contributed by atoms with van der Waals surface area (Å²) in [5, 5.41) is 14.8. The Morgan fingerprint density at radius 1 is 1.50 bits per heavy atom. The molecule has 1 saturated heterocycles. The van der Waals surface area contributed by atoms with Gasteiger partial charge in [0.15, 0.2) is 0 Å². The van der Waals surface area contributed by atoms with Crippen LogP contribution >= 0.6 is 0 Å². The summed E-state index contributed by atoms with van der Waals surface area (Å²) in [5.41, 5.74) is 0. The van der Waals surface area contributed by atoms with E-state index in [1.165, 1.54) is 0 Å². The first-order chi connectivity index (χ1) is 7.52. The lowest BCUT2D eigenvalue weighted by atomic mass is 9.95. The van der Waals surface area contributed by atoms with Crippen LogP contribution in [0.15, 0.2) is 0 Å². The molecule has 2 unspecified atom stereocenters. The Kier molecular flexibility index (Phi) is 4.73. The van der Waals surface area contributed by atoms with Gasteiger partial charge in [-0.25, -0.2) is 0 Å². The summed E-state index contributed by atoms with van der Waals surface area (Å²) < 4.78 is 0. The lowest BCUT2D eigenvalue weighted by molar-refractivity contribution is -0.143. The van der Waals surface area contributed by atoms with Gasteiger partial charge in [0.1, 0.15) is 0 Å². The van der Waals surface area contributed by atoms with Crippen LogP contribution in [0.25, 0.3) is 0 Å². The van der Waals surface area contributed by atoms with Crippen molar-refractivity contribution >= 4 is 11.9 Å². The zero-order valence-electron chi connectivity index (χ0n) is 9.82. The zero-order valence-corrected chi connectivity index (χ0v) is 9.82. The maximum atomic E-state index is 11.7. The molecule has 0 aromatic rings. The SMILES string of the molecule is CC(C)C(CNC(=O)C1CCNC1)C(=O)O. The highest BCUT2D eigenvalue weighted by molar-refractivity contribution is 5.80. The second-order valence-electron chi connectivity index (χ2n) is 4.62. The Balaban J connectivity index is 2.36. The van der Waals surface area contributed by atoms with Crippen LogP contribution in [0.4, 0.5) is 0 Å². The third-order valence-corrected chi connectivity index (χ3v) is 3.05. The van der Waals surface area contributed by atoms with Gasteiger partial charge in [-0.1, -0.05) is 13.8 Å². The molecule has 0 spiro atoms. The van der Waals surface area contributed by atoms with Crippen molar-refractivity contribution < 1.29 is 14.7 Å². The monoisotopic (exact) mass is 228 g/mol. The molecular formula is C11H20N2O3. The first-order valence-electron chi connectivity index (χ1n) is 5.73.